The van der Waals surface area contributed by atoms with Gasteiger partial charge < -0.3 is 10.2 Å². The number of nitrogens with zero attached hydrogens (tertiary/aromatic N) is 2. The second-order valence-electron chi connectivity index (χ2n) is 3.42. The van der Waals surface area contributed by atoms with Crippen molar-refractivity contribution in [3.63, 3.8) is 0 Å². The molecular formula is C10H21N3S. The Morgan fingerprint density at radius 2 is 2.36 bits per heavy atom. The van der Waals surface area contributed by atoms with E-state index in [-0.39, 0.29) is 0 Å². The quantitative estimate of drug-likeness (QED) is 0.557. The molecule has 1 atom stereocenters. The summed E-state index contributed by atoms with van der Waals surface area (Å²) < 4.78 is 0. The zero-order valence-electron chi connectivity index (χ0n) is 9.42. The number of aliphatic imine (C=N–C) groups is 1. The van der Waals surface area contributed by atoms with Crippen LogP contribution in [0.1, 0.15) is 20.3 Å². The number of thioether (sulfide) groups is 1. The van der Waals surface area contributed by atoms with Gasteiger partial charge in [0.1, 0.15) is 0 Å². The fourth-order valence-electron chi connectivity index (χ4n) is 1.65. The Morgan fingerprint density at radius 1 is 1.57 bits per heavy atom. The average molecular weight is 215 g/mol. The van der Waals surface area contributed by atoms with Gasteiger partial charge in [-0.05, 0) is 13.3 Å². The van der Waals surface area contributed by atoms with Crippen LogP contribution in [0.15, 0.2) is 4.99 Å². The molecule has 0 aromatic carbocycles. The van der Waals surface area contributed by atoms with E-state index in [0.29, 0.717) is 0 Å². The number of nitrogens with one attached hydrogen (secondary N) is 1. The van der Waals surface area contributed by atoms with Crippen LogP contribution < -0.4 is 5.32 Å². The molecule has 0 bridgehead atoms. The summed E-state index contributed by atoms with van der Waals surface area (Å²) in [6, 6.07) is 0. The van der Waals surface area contributed by atoms with Crippen LogP contribution in [0.25, 0.3) is 0 Å². The highest BCUT2D eigenvalue weighted by Crippen LogP contribution is 2.20. The van der Waals surface area contributed by atoms with Crippen LogP contribution in [0.4, 0.5) is 0 Å². The molecule has 0 radical (unpaired) electrons. The molecule has 0 saturated carbocycles. The van der Waals surface area contributed by atoms with Crippen LogP contribution in [-0.2, 0) is 0 Å². The van der Waals surface area contributed by atoms with Gasteiger partial charge in [0.05, 0.1) is 0 Å². The molecule has 3 nitrogen and oxygen atoms in total. The Balaban J connectivity index is 2.49. The largest absolute Gasteiger partial charge is 0.357 e. The van der Waals surface area contributed by atoms with Gasteiger partial charge in [-0.15, -0.1) is 0 Å². The molecule has 1 aliphatic heterocycles. The minimum absolute atomic E-state index is 0.777. The maximum atomic E-state index is 4.29. The maximum absolute atomic E-state index is 4.29. The number of guanidine groups is 1. The molecule has 4 heteroatoms. The summed E-state index contributed by atoms with van der Waals surface area (Å²) in [5.41, 5.74) is 0. The van der Waals surface area contributed by atoms with Gasteiger partial charge in [-0.1, -0.05) is 6.92 Å². The second-order valence-corrected chi connectivity index (χ2v) is 4.83. The lowest BCUT2D eigenvalue weighted by molar-refractivity contribution is 0.409. The van der Waals surface area contributed by atoms with Crippen molar-refractivity contribution in [2.45, 2.75) is 25.5 Å². The van der Waals surface area contributed by atoms with Crippen LogP contribution in [0.3, 0.4) is 0 Å². The van der Waals surface area contributed by atoms with Crippen molar-refractivity contribution in [3.05, 3.63) is 0 Å². The predicted molar refractivity (Wildman–Crippen MR) is 65.1 cm³/mol. The van der Waals surface area contributed by atoms with E-state index in [9.17, 15) is 0 Å². The minimum Gasteiger partial charge on any atom is -0.357 e. The number of rotatable bonds is 2. The first kappa shape index (κ1) is 11.7. The first-order valence-electron chi connectivity index (χ1n) is 5.39. The van der Waals surface area contributed by atoms with Gasteiger partial charge in [-0.25, -0.2) is 0 Å². The average Bonchev–Trinajstić information content (AvgIpc) is 2.26. The molecule has 0 aromatic heterocycles. The SMILES string of the molecule is CCNC(=NC)N1CCSC(CC)C1. The number of hydrogen-bond donors (Lipinski definition) is 1. The van der Waals surface area contributed by atoms with E-state index in [1.807, 2.05) is 7.05 Å². The summed E-state index contributed by atoms with van der Waals surface area (Å²) in [5.74, 6) is 2.29. The molecule has 1 rings (SSSR count). The zero-order chi connectivity index (χ0) is 10.4. The standard InChI is InChI=1S/C10H21N3S/c1-4-9-8-13(6-7-14-9)10(11-3)12-5-2/h9H,4-8H2,1-3H3,(H,11,12). The lowest BCUT2D eigenvalue weighted by Crippen LogP contribution is -2.47. The third kappa shape index (κ3) is 3.08. The highest BCUT2D eigenvalue weighted by atomic mass is 32.2. The van der Waals surface area contributed by atoms with Crippen molar-refractivity contribution in [3.8, 4) is 0 Å². The molecule has 1 unspecified atom stereocenters. The lowest BCUT2D eigenvalue weighted by atomic mass is 10.3. The van der Waals surface area contributed by atoms with Gasteiger partial charge in [0, 0.05) is 37.7 Å². The van der Waals surface area contributed by atoms with Crippen LogP contribution in [0.5, 0.6) is 0 Å². The molecule has 1 N–H and O–H groups in total. The summed E-state index contributed by atoms with van der Waals surface area (Å²) in [6.07, 6.45) is 1.25. The molecule has 14 heavy (non-hydrogen) atoms. The van der Waals surface area contributed by atoms with E-state index < -0.39 is 0 Å². The third-order valence-corrected chi connectivity index (χ3v) is 3.81. The zero-order valence-corrected chi connectivity index (χ0v) is 10.2. The van der Waals surface area contributed by atoms with E-state index >= 15 is 0 Å². The summed E-state index contributed by atoms with van der Waals surface area (Å²) in [5, 5.41) is 4.09. The Kier molecular flexibility index (Phi) is 5.15. The van der Waals surface area contributed by atoms with Gasteiger partial charge in [-0.3, -0.25) is 4.99 Å². The van der Waals surface area contributed by atoms with Gasteiger partial charge in [0.2, 0.25) is 0 Å². The van der Waals surface area contributed by atoms with E-state index in [1.165, 1.54) is 12.2 Å². The van der Waals surface area contributed by atoms with Gasteiger partial charge in [0.25, 0.3) is 0 Å². The first-order chi connectivity index (χ1) is 6.81. The highest BCUT2D eigenvalue weighted by Gasteiger charge is 2.20. The van der Waals surface area contributed by atoms with Gasteiger partial charge in [0.15, 0.2) is 5.96 Å². The third-order valence-electron chi connectivity index (χ3n) is 2.44. The summed E-state index contributed by atoms with van der Waals surface area (Å²) in [6.45, 7) is 7.59. The van der Waals surface area contributed by atoms with Crippen LogP contribution in [-0.4, -0.2) is 48.5 Å². The van der Waals surface area contributed by atoms with E-state index in [1.54, 1.807) is 0 Å². The molecule has 0 spiro atoms. The molecule has 1 fully saturated rings. The Labute approximate surface area is 91.3 Å². The lowest BCUT2D eigenvalue weighted by Gasteiger charge is -2.34. The Hall–Kier alpha value is -0.380. The van der Waals surface area contributed by atoms with Crippen molar-refractivity contribution in [2.24, 2.45) is 4.99 Å². The summed E-state index contributed by atoms with van der Waals surface area (Å²) in [7, 11) is 1.86. The normalized spacial score (nSPS) is 23.8. The molecule has 0 amide bonds. The predicted octanol–water partition coefficient (Wildman–Crippen LogP) is 1.41. The topological polar surface area (TPSA) is 27.6 Å². The smallest absolute Gasteiger partial charge is 0.193 e. The van der Waals surface area contributed by atoms with E-state index in [4.69, 9.17) is 0 Å². The van der Waals surface area contributed by atoms with Gasteiger partial charge >= 0.3 is 0 Å². The molecule has 0 aromatic rings. The van der Waals surface area contributed by atoms with Crippen molar-refractivity contribution >= 4 is 17.7 Å². The molecule has 1 aliphatic rings. The molecule has 1 heterocycles. The Bertz CT molecular complexity index is 194. The van der Waals surface area contributed by atoms with Gasteiger partial charge in [-0.2, -0.15) is 11.8 Å². The summed E-state index contributed by atoms with van der Waals surface area (Å²) >= 11 is 2.09. The molecule has 0 aliphatic carbocycles. The van der Waals surface area contributed by atoms with E-state index in [2.05, 4.69) is 40.8 Å². The summed E-state index contributed by atoms with van der Waals surface area (Å²) in [4.78, 5) is 6.66. The highest BCUT2D eigenvalue weighted by molar-refractivity contribution is 8.00. The van der Waals surface area contributed by atoms with Crippen molar-refractivity contribution in [2.75, 3.05) is 32.4 Å². The van der Waals surface area contributed by atoms with Crippen LogP contribution in [0, 0.1) is 0 Å². The van der Waals surface area contributed by atoms with Crippen LogP contribution in [0.2, 0.25) is 0 Å². The molecule has 82 valence electrons. The maximum Gasteiger partial charge on any atom is 0.193 e. The molecular weight excluding hydrogens is 194 g/mol. The number of hydrogen-bond acceptors (Lipinski definition) is 2. The minimum atomic E-state index is 0.777. The second kappa shape index (κ2) is 6.17. The van der Waals surface area contributed by atoms with Crippen molar-refractivity contribution in [1.82, 2.24) is 10.2 Å². The van der Waals surface area contributed by atoms with Crippen LogP contribution >= 0.6 is 11.8 Å². The Morgan fingerprint density at radius 3 is 2.93 bits per heavy atom. The monoisotopic (exact) mass is 215 g/mol. The van der Waals surface area contributed by atoms with E-state index in [0.717, 1.165) is 30.8 Å². The first-order valence-corrected chi connectivity index (χ1v) is 6.43. The van der Waals surface area contributed by atoms with Crippen molar-refractivity contribution in [1.29, 1.82) is 0 Å². The van der Waals surface area contributed by atoms with Crippen molar-refractivity contribution < 1.29 is 0 Å². The fourth-order valence-corrected chi connectivity index (χ4v) is 2.83. The molecule has 1 saturated heterocycles. The fraction of sp³-hybridized carbons (Fsp3) is 0.900.